The topological polar surface area (TPSA) is 109 Å². The fourth-order valence-corrected chi connectivity index (χ4v) is 1.40. The first kappa shape index (κ1) is 26.4. The Morgan fingerprint density at radius 3 is 1.32 bits per heavy atom. The summed E-state index contributed by atoms with van der Waals surface area (Å²) in [6, 6.07) is 0. The molecule has 0 radical (unpaired) electrons. The molecule has 0 aromatic rings. The van der Waals surface area contributed by atoms with Crippen LogP contribution in [0.2, 0.25) is 0 Å². The molecule has 25 heavy (non-hydrogen) atoms. The summed E-state index contributed by atoms with van der Waals surface area (Å²) in [6.45, 7) is 12.9. The Morgan fingerprint density at radius 1 is 0.720 bits per heavy atom. The minimum Gasteiger partial charge on any atom is -0.396 e. The lowest BCUT2D eigenvalue weighted by atomic mass is 10.3. The molecule has 7 heteroatoms. The van der Waals surface area contributed by atoms with Crippen LogP contribution in [0.5, 0.6) is 0 Å². The molecule has 2 atom stereocenters. The van der Waals surface area contributed by atoms with Crippen molar-refractivity contribution in [3.8, 4) is 0 Å². The Kier molecular flexibility index (Phi) is 20.6. The van der Waals surface area contributed by atoms with Crippen molar-refractivity contribution in [3.05, 3.63) is 24.3 Å². The van der Waals surface area contributed by atoms with Gasteiger partial charge in [-0.2, -0.15) is 0 Å². The number of hydrogen-bond acceptors (Lipinski definition) is 7. The van der Waals surface area contributed by atoms with Gasteiger partial charge >= 0.3 is 0 Å². The molecular weight excluding hydrogens is 328 g/mol. The first-order valence-corrected chi connectivity index (χ1v) is 8.43. The van der Waals surface area contributed by atoms with Gasteiger partial charge in [0.15, 0.2) is 0 Å². The van der Waals surface area contributed by atoms with Gasteiger partial charge in [0.2, 0.25) is 0 Å². The first-order valence-electron chi connectivity index (χ1n) is 8.43. The molecule has 0 aromatic carbocycles. The quantitative estimate of drug-likeness (QED) is 0.250. The monoisotopic (exact) mass is 364 g/mol. The molecule has 7 nitrogen and oxygen atoms in total. The maximum Gasteiger partial charge on any atom is 0.101 e. The molecule has 0 aromatic heterocycles. The molecule has 0 rings (SSSR count). The van der Waals surface area contributed by atoms with Gasteiger partial charge in [-0.3, -0.25) is 0 Å². The van der Waals surface area contributed by atoms with Crippen molar-refractivity contribution in [2.24, 2.45) is 0 Å². The lowest BCUT2D eigenvalue weighted by molar-refractivity contribution is -0.0526. The minimum atomic E-state index is -0.706. The van der Waals surface area contributed by atoms with Crippen molar-refractivity contribution >= 4 is 0 Å². The lowest BCUT2D eigenvalue weighted by Crippen LogP contribution is -2.27. The molecule has 0 spiro atoms. The van der Waals surface area contributed by atoms with Gasteiger partial charge in [-0.25, -0.2) is 0 Å². The predicted molar refractivity (Wildman–Crippen MR) is 97.5 cm³/mol. The molecular formula is C18H36O7. The summed E-state index contributed by atoms with van der Waals surface area (Å²) in [6.07, 6.45) is 0.0262. The molecule has 0 bridgehead atoms. The van der Waals surface area contributed by atoms with Crippen LogP contribution in [-0.4, -0.2) is 85.5 Å². The molecule has 0 aliphatic carbocycles. The molecule has 0 saturated heterocycles. The number of aliphatic hydroxyl groups excluding tert-OH is 4. The Bertz CT molecular complexity index is 291. The molecule has 0 saturated carbocycles. The number of rotatable bonds is 15. The van der Waals surface area contributed by atoms with Gasteiger partial charge in [0.25, 0.3) is 0 Å². The van der Waals surface area contributed by atoms with Crippen molar-refractivity contribution in [1.82, 2.24) is 0 Å². The fourth-order valence-electron chi connectivity index (χ4n) is 1.40. The zero-order chi connectivity index (χ0) is 19.5. The molecule has 150 valence electrons. The Morgan fingerprint density at radius 2 is 1.04 bits per heavy atom. The second-order valence-electron chi connectivity index (χ2n) is 5.94. The van der Waals surface area contributed by atoms with Gasteiger partial charge in [0.1, 0.15) is 12.2 Å². The molecule has 0 fully saturated rings. The van der Waals surface area contributed by atoms with Crippen LogP contribution < -0.4 is 0 Å². The van der Waals surface area contributed by atoms with Gasteiger partial charge in [-0.1, -0.05) is 24.3 Å². The van der Waals surface area contributed by atoms with E-state index in [4.69, 9.17) is 24.4 Å². The second kappa shape index (κ2) is 19.5. The minimum absolute atomic E-state index is 0.119. The van der Waals surface area contributed by atoms with E-state index in [2.05, 4.69) is 13.2 Å². The first-order chi connectivity index (χ1) is 11.8. The molecule has 0 aliphatic heterocycles. The number of ether oxygens (including phenoxy) is 3. The number of unbranched alkanes of at least 4 members (excludes halogenated alkanes) is 1. The standard InChI is InChI=1S/C14H26O5.C4H10O2/c1-11(2)5-17-7-13(15)9-19-10-14(16)8-18-6-12(3)4;5-3-1-2-4-6/h13-16H,1,3,5-10H2,2,4H3;5-6H,1-4H2. The van der Waals surface area contributed by atoms with Gasteiger partial charge in [-0.15, -0.1) is 0 Å². The van der Waals surface area contributed by atoms with Gasteiger partial charge in [-0.05, 0) is 26.7 Å². The highest BCUT2D eigenvalue weighted by molar-refractivity contribution is 4.87. The van der Waals surface area contributed by atoms with E-state index in [1.54, 1.807) is 0 Å². The van der Waals surface area contributed by atoms with Crippen molar-refractivity contribution < 1.29 is 34.6 Å². The number of aliphatic hydroxyl groups is 4. The maximum absolute atomic E-state index is 9.52. The van der Waals surface area contributed by atoms with E-state index in [1.165, 1.54) is 0 Å². The third-order valence-electron chi connectivity index (χ3n) is 2.50. The van der Waals surface area contributed by atoms with Crippen LogP contribution in [0.1, 0.15) is 26.7 Å². The fraction of sp³-hybridized carbons (Fsp3) is 0.778. The van der Waals surface area contributed by atoms with E-state index in [-0.39, 0.29) is 39.6 Å². The molecule has 4 N–H and O–H groups in total. The normalized spacial score (nSPS) is 12.9. The lowest BCUT2D eigenvalue weighted by Gasteiger charge is -2.15. The number of hydrogen-bond donors (Lipinski definition) is 4. The van der Waals surface area contributed by atoms with Gasteiger partial charge in [0, 0.05) is 13.2 Å². The van der Waals surface area contributed by atoms with Crippen molar-refractivity contribution in [3.63, 3.8) is 0 Å². The van der Waals surface area contributed by atoms with Crippen molar-refractivity contribution in [1.29, 1.82) is 0 Å². The van der Waals surface area contributed by atoms with E-state index >= 15 is 0 Å². The van der Waals surface area contributed by atoms with Crippen LogP contribution in [0, 0.1) is 0 Å². The van der Waals surface area contributed by atoms with Gasteiger partial charge in [0.05, 0.1) is 39.6 Å². The zero-order valence-electron chi connectivity index (χ0n) is 15.7. The molecule has 0 heterocycles. The summed E-state index contributed by atoms with van der Waals surface area (Å²) in [5.74, 6) is 0. The average Bonchev–Trinajstić information content (AvgIpc) is 2.52. The van der Waals surface area contributed by atoms with Crippen LogP contribution >= 0.6 is 0 Å². The Labute approximate surface area is 151 Å². The summed E-state index contributed by atoms with van der Waals surface area (Å²) in [5.41, 5.74) is 1.80. The summed E-state index contributed by atoms with van der Waals surface area (Å²) >= 11 is 0. The van der Waals surface area contributed by atoms with Crippen molar-refractivity contribution in [2.75, 3.05) is 52.9 Å². The molecule has 0 amide bonds. The van der Waals surface area contributed by atoms with E-state index < -0.39 is 12.2 Å². The highest BCUT2D eigenvalue weighted by atomic mass is 16.5. The predicted octanol–water partition coefficient (Wildman–Crippen LogP) is 0.661. The van der Waals surface area contributed by atoms with E-state index in [0.717, 1.165) is 24.0 Å². The Hall–Kier alpha value is -0.800. The van der Waals surface area contributed by atoms with Crippen LogP contribution in [0.15, 0.2) is 24.3 Å². The van der Waals surface area contributed by atoms with Crippen LogP contribution in [0.3, 0.4) is 0 Å². The van der Waals surface area contributed by atoms with E-state index in [0.29, 0.717) is 13.2 Å². The second-order valence-corrected chi connectivity index (χ2v) is 5.94. The van der Waals surface area contributed by atoms with Crippen LogP contribution in [0.25, 0.3) is 0 Å². The zero-order valence-corrected chi connectivity index (χ0v) is 15.7. The summed E-state index contributed by atoms with van der Waals surface area (Å²) in [4.78, 5) is 0. The Balaban J connectivity index is 0. The third kappa shape index (κ3) is 25.6. The molecule has 0 aliphatic rings. The average molecular weight is 364 g/mol. The van der Waals surface area contributed by atoms with E-state index in [1.807, 2.05) is 13.8 Å². The highest BCUT2D eigenvalue weighted by Gasteiger charge is 2.08. The van der Waals surface area contributed by atoms with Gasteiger partial charge < -0.3 is 34.6 Å². The molecule has 2 unspecified atom stereocenters. The summed E-state index contributed by atoms with van der Waals surface area (Å²) in [7, 11) is 0. The van der Waals surface area contributed by atoms with Crippen LogP contribution in [0.4, 0.5) is 0 Å². The van der Waals surface area contributed by atoms with E-state index in [9.17, 15) is 10.2 Å². The summed E-state index contributed by atoms with van der Waals surface area (Å²) < 4.78 is 15.5. The highest BCUT2D eigenvalue weighted by Crippen LogP contribution is 1.95. The third-order valence-corrected chi connectivity index (χ3v) is 2.50. The maximum atomic E-state index is 9.52. The smallest absolute Gasteiger partial charge is 0.101 e. The van der Waals surface area contributed by atoms with Crippen molar-refractivity contribution in [2.45, 2.75) is 38.9 Å². The summed E-state index contributed by atoms with van der Waals surface area (Å²) in [5, 5.41) is 35.2. The SMILES string of the molecule is C=C(C)COCC(O)COCC(O)COCC(=C)C.OCCCCO. The largest absolute Gasteiger partial charge is 0.396 e. The van der Waals surface area contributed by atoms with Crippen LogP contribution in [-0.2, 0) is 14.2 Å².